The molecule has 7 heteroatoms. The van der Waals surface area contributed by atoms with Crippen LogP contribution < -0.4 is 0 Å². The molecule has 0 aromatic rings. The van der Waals surface area contributed by atoms with E-state index < -0.39 is 0 Å². The van der Waals surface area contributed by atoms with Gasteiger partial charge in [0.05, 0.1) is 13.2 Å². The molecule has 1 aliphatic carbocycles. The molecule has 1 rings (SSSR count). The highest BCUT2D eigenvalue weighted by Gasteiger charge is 2.60. The summed E-state index contributed by atoms with van der Waals surface area (Å²) in [6.07, 6.45) is 0. The van der Waals surface area contributed by atoms with Crippen molar-refractivity contribution in [2.24, 2.45) is 10.8 Å². The smallest absolute Gasteiger partial charge is 0.0552 e. The molecule has 0 spiro atoms. The molecule has 0 N–H and O–H groups in total. The van der Waals surface area contributed by atoms with E-state index in [-0.39, 0.29) is 21.3 Å². The second-order valence-electron chi connectivity index (χ2n) is 4.75. The minimum absolute atomic E-state index is 0.0187. The van der Waals surface area contributed by atoms with Gasteiger partial charge < -0.3 is 4.74 Å². The van der Waals surface area contributed by atoms with Crippen LogP contribution in [0.1, 0.15) is 0 Å². The molecule has 0 aromatic heterocycles. The van der Waals surface area contributed by atoms with Gasteiger partial charge in [0.2, 0.25) is 0 Å². The molecule has 0 heterocycles. The zero-order valence-corrected chi connectivity index (χ0v) is 14.9. The number of hydrogen-bond acceptors (Lipinski definition) is 7. The SMILES string of the molecule is SCC(CS)(CS)COCC1(CS)C(S)[C@@H]1S. The fraction of sp³-hybridized carbons (Fsp3) is 1.00. The lowest BCUT2D eigenvalue weighted by atomic mass is 9.97. The topological polar surface area (TPSA) is 9.23 Å². The number of ether oxygens (including phenoxy) is 1. The highest BCUT2D eigenvalue weighted by Crippen LogP contribution is 2.54. The average molecular weight is 349 g/mol. The maximum absolute atomic E-state index is 5.84. The fourth-order valence-electron chi connectivity index (χ4n) is 1.60. The first-order chi connectivity index (χ1) is 8.02. The summed E-state index contributed by atoms with van der Waals surface area (Å²) in [6, 6.07) is 0. The maximum Gasteiger partial charge on any atom is 0.0552 e. The van der Waals surface area contributed by atoms with Gasteiger partial charge in [-0.1, -0.05) is 0 Å². The van der Waals surface area contributed by atoms with Crippen molar-refractivity contribution in [1.29, 1.82) is 0 Å². The normalized spacial score (nSPS) is 32.8. The Morgan fingerprint density at radius 3 is 1.71 bits per heavy atom. The molecule has 0 aliphatic heterocycles. The van der Waals surface area contributed by atoms with E-state index >= 15 is 0 Å². The monoisotopic (exact) mass is 348 g/mol. The Balaban J connectivity index is 2.42. The number of rotatable bonds is 8. The molecule has 0 amide bonds. The van der Waals surface area contributed by atoms with Crippen molar-refractivity contribution < 1.29 is 4.74 Å². The largest absolute Gasteiger partial charge is 0.380 e. The first-order valence-corrected chi connectivity index (χ1v) is 8.95. The summed E-state index contributed by atoms with van der Waals surface area (Å²) in [6.45, 7) is 1.27. The van der Waals surface area contributed by atoms with E-state index in [1.807, 2.05) is 0 Å². The van der Waals surface area contributed by atoms with Gasteiger partial charge >= 0.3 is 0 Å². The van der Waals surface area contributed by atoms with Gasteiger partial charge in [0, 0.05) is 27.1 Å². The Labute approximate surface area is 137 Å². The van der Waals surface area contributed by atoms with Crippen LogP contribution in [0.3, 0.4) is 0 Å². The Bertz CT molecular complexity index is 220. The highest BCUT2D eigenvalue weighted by molar-refractivity contribution is 7.87. The summed E-state index contributed by atoms with van der Waals surface area (Å²) in [5.74, 6) is 2.93. The van der Waals surface area contributed by atoms with E-state index in [4.69, 9.17) is 4.74 Å². The summed E-state index contributed by atoms with van der Waals surface area (Å²) in [5, 5.41) is 0.557. The molecule has 0 saturated heterocycles. The van der Waals surface area contributed by atoms with Crippen molar-refractivity contribution in [3.05, 3.63) is 0 Å². The molecule has 0 bridgehead atoms. The molecule has 1 fully saturated rings. The third-order valence-corrected chi connectivity index (χ3v) is 7.91. The summed E-state index contributed by atoms with van der Waals surface area (Å²) in [7, 11) is 0. The van der Waals surface area contributed by atoms with Gasteiger partial charge in [0.25, 0.3) is 0 Å². The van der Waals surface area contributed by atoms with Crippen LogP contribution in [0.25, 0.3) is 0 Å². The molecule has 102 valence electrons. The molecule has 3 atom stereocenters. The molecule has 1 nitrogen and oxygen atoms in total. The molecule has 2 unspecified atom stereocenters. The predicted molar refractivity (Wildman–Crippen MR) is 96.6 cm³/mol. The Hall–Kier alpha value is 2.06. The van der Waals surface area contributed by atoms with E-state index in [9.17, 15) is 0 Å². The first-order valence-electron chi connectivity index (χ1n) is 5.39. The second-order valence-corrected chi connectivity index (χ2v) is 7.13. The summed E-state index contributed by atoms with van der Waals surface area (Å²) >= 11 is 26.4. The van der Waals surface area contributed by atoms with Gasteiger partial charge in [-0.3, -0.25) is 0 Å². The van der Waals surface area contributed by atoms with Gasteiger partial charge in [-0.25, -0.2) is 0 Å². The van der Waals surface area contributed by atoms with Crippen LogP contribution in [0.4, 0.5) is 0 Å². The van der Waals surface area contributed by atoms with Gasteiger partial charge in [-0.15, -0.1) is 0 Å². The fourth-order valence-corrected chi connectivity index (χ4v) is 5.03. The summed E-state index contributed by atoms with van der Waals surface area (Å²) in [4.78, 5) is 0. The van der Waals surface area contributed by atoms with Gasteiger partial charge in [0.1, 0.15) is 0 Å². The van der Waals surface area contributed by atoms with Crippen molar-refractivity contribution in [2.45, 2.75) is 10.5 Å². The summed E-state index contributed by atoms with van der Waals surface area (Å²) < 4.78 is 5.84. The van der Waals surface area contributed by atoms with Crippen LogP contribution in [0, 0.1) is 10.8 Å². The second kappa shape index (κ2) is 7.18. The summed E-state index contributed by atoms with van der Waals surface area (Å²) in [5.41, 5.74) is -0.0366. The Morgan fingerprint density at radius 2 is 1.41 bits per heavy atom. The Kier molecular flexibility index (Phi) is 7.23. The number of hydrogen-bond donors (Lipinski definition) is 6. The van der Waals surface area contributed by atoms with Crippen molar-refractivity contribution in [1.82, 2.24) is 0 Å². The first kappa shape index (κ1) is 17.1. The third kappa shape index (κ3) is 3.58. The molecular formula is C10H20OS6. The van der Waals surface area contributed by atoms with Gasteiger partial charge in [-0.2, -0.15) is 75.8 Å². The number of thiol groups is 6. The molecule has 0 radical (unpaired) electrons. The van der Waals surface area contributed by atoms with Crippen LogP contribution in [0.15, 0.2) is 0 Å². The van der Waals surface area contributed by atoms with Crippen LogP contribution in [0.2, 0.25) is 0 Å². The van der Waals surface area contributed by atoms with E-state index in [0.717, 1.165) is 23.0 Å². The quantitative estimate of drug-likeness (QED) is 0.369. The molecule has 0 aromatic carbocycles. The van der Waals surface area contributed by atoms with Crippen molar-refractivity contribution in [2.75, 3.05) is 36.2 Å². The molecule has 1 aliphatic rings. The van der Waals surface area contributed by atoms with Crippen LogP contribution in [0.5, 0.6) is 0 Å². The highest BCUT2D eigenvalue weighted by atomic mass is 32.1. The minimum atomic E-state index is -0.0554. The lowest BCUT2D eigenvalue weighted by Crippen LogP contribution is -2.34. The minimum Gasteiger partial charge on any atom is -0.380 e. The van der Waals surface area contributed by atoms with Gasteiger partial charge in [-0.05, 0) is 17.3 Å². The lowest BCUT2D eigenvalue weighted by molar-refractivity contribution is 0.0529. The Morgan fingerprint density at radius 1 is 0.941 bits per heavy atom. The van der Waals surface area contributed by atoms with Crippen LogP contribution in [-0.4, -0.2) is 46.7 Å². The predicted octanol–water partition coefficient (Wildman–Crippen LogP) is 2.31. The molecule has 1 saturated carbocycles. The molecule has 17 heavy (non-hydrogen) atoms. The standard InChI is InChI=1S/C10H20OS6/c12-3-9(4-13,5-14)1-11-2-10(6-15)7(16)8(10)17/h7-8,12-17H,1-6H2/t7-,8?,10?/m0/s1. The van der Waals surface area contributed by atoms with Crippen molar-refractivity contribution in [3.63, 3.8) is 0 Å². The van der Waals surface area contributed by atoms with E-state index in [2.05, 4.69) is 75.8 Å². The van der Waals surface area contributed by atoms with E-state index in [1.54, 1.807) is 0 Å². The van der Waals surface area contributed by atoms with Gasteiger partial charge in [0.15, 0.2) is 0 Å². The third-order valence-electron chi connectivity index (χ3n) is 3.45. The van der Waals surface area contributed by atoms with Crippen molar-refractivity contribution in [3.8, 4) is 0 Å². The lowest BCUT2D eigenvalue weighted by Gasteiger charge is -2.29. The van der Waals surface area contributed by atoms with Crippen LogP contribution in [-0.2, 0) is 4.74 Å². The van der Waals surface area contributed by atoms with E-state index in [1.165, 1.54) is 0 Å². The molecular weight excluding hydrogens is 329 g/mol. The van der Waals surface area contributed by atoms with E-state index in [0.29, 0.717) is 13.2 Å². The maximum atomic E-state index is 5.84. The zero-order chi connectivity index (χ0) is 13.1. The van der Waals surface area contributed by atoms with Crippen molar-refractivity contribution >= 4 is 75.8 Å². The zero-order valence-electron chi connectivity index (χ0n) is 9.49. The van der Waals surface area contributed by atoms with Crippen LogP contribution >= 0.6 is 75.8 Å². The average Bonchev–Trinajstić information content (AvgIpc) is 2.89.